The van der Waals surface area contributed by atoms with E-state index in [1.54, 1.807) is 0 Å². The van der Waals surface area contributed by atoms with Crippen LogP contribution in [0.2, 0.25) is 0 Å². The molecule has 1 aliphatic rings. The fourth-order valence-electron chi connectivity index (χ4n) is 7.15. The molecule has 2 nitrogen and oxygen atoms in total. The van der Waals surface area contributed by atoms with Crippen molar-refractivity contribution in [3.63, 3.8) is 0 Å². The highest BCUT2D eigenvalue weighted by Crippen LogP contribution is 2.50. The second-order valence-corrected chi connectivity index (χ2v) is 11.4. The molecule has 1 aliphatic carbocycles. The molecule has 2 heterocycles. The fraction of sp³-hybridized carbons (Fsp3) is 0.0811. The van der Waals surface area contributed by atoms with E-state index < -0.39 is 0 Å². The van der Waals surface area contributed by atoms with Gasteiger partial charge in [0.15, 0.2) is 5.58 Å². The maximum absolute atomic E-state index is 6.63. The minimum absolute atomic E-state index is 0.0674. The molecule has 39 heavy (non-hydrogen) atoms. The van der Waals surface area contributed by atoms with Crippen molar-refractivity contribution < 1.29 is 4.42 Å². The zero-order valence-corrected chi connectivity index (χ0v) is 21.8. The molecule has 0 unspecified atom stereocenters. The number of hydrogen-bond acceptors (Lipinski definition) is 1. The number of aromatic nitrogens is 1. The van der Waals surface area contributed by atoms with Crippen LogP contribution in [0.25, 0.3) is 71.3 Å². The van der Waals surface area contributed by atoms with Crippen LogP contribution < -0.4 is 0 Å². The Morgan fingerprint density at radius 1 is 0.590 bits per heavy atom. The topological polar surface area (TPSA) is 18.1 Å². The first-order valence-electron chi connectivity index (χ1n) is 13.6. The SMILES string of the molecule is CC1(C)c2ccccc2-c2ccc(-n3c4ccc5ccccc5c4c4ccc5c6ccccc6oc5c43)cc21. The third kappa shape index (κ3) is 2.61. The van der Waals surface area contributed by atoms with E-state index in [2.05, 4.69) is 128 Å². The molecule has 0 amide bonds. The van der Waals surface area contributed by atoms with Crippen LogP contribution >= 0.6 is 0 Å². The average molecular weight is 500 g/mol. The van der Waals surface area contributed by atoms with Gasteiger partial charge in [-0.05, 0) is 63.4 Å². The lowest BCUT2D eigenvalue weighted by atomic mass is 9.82. The monoisotopic (exact) mass is 499 g/mol. The van der Waals surface area contributed by atoms with Crippen LogP contribution in [-0.2, 0) is 5.41 Å². The van der Waals surface area contributed by atoms with Crippen molar-refractivity contribution in [2.24, 2.45) is 0 Å². The van der Waals surface area contributed by atoms with E-state index in [1.165, 1.54) is 49.3 Å². The van der Waals surface area contributed by atoms with E-state index >= 15 is 0 Å². The standard InChI is InChI=1S/C37H25NO/c1-37(2)30-13-7-5-11-25(30)26-17-16-23(21-31(26)37)38-32-20-15-22-9-3-4-10-24(22)34(32)29-19-18-28-27-12-6-8-14-33(27)39-36(28)35(29)38/h3-21H,1-2H3. The van der Waals surface area contributed by atoms with Crippen molar-refractivity contribution in [1.82, 2.24) is 4.57 Å². The summed E-state index contributed by atoms with van der Waals surface area (Å²) in [4.78, 5) is 0. The van der Waals surface area contributed by atoms with Crippen molar-refractivity contribution >= 4 is 54.5 Å². The van der Waals surface area contributed by atoms with Gasteiger partial charge in [-0.25, -0.2) is 0 Å². The van der Waals surface area contributed by atoms with Gasteiger partial charge in [-0.3, -0.25) is 0 Å². The number of furan rings is 1. The Morgan fingerprint density at radius 3 is 2.26 bits per heavy atom. The van der Waals surface area contributed by atoms with Gasteiger partial charge >= 0.3 is 0 Å². The quantitative estimate of drug-likeness (QED) is 0.220. The van der Waals surface area contributed by atoms with Crippen LogP contribution in [0, 0.1) is 0 Å². The molecule has 8 aromatic rings. The molecule has 6 aromatic carbocycles. The largest absolute Gasteiger partial charge is 0.454 e. The molecule has 0 radical (unpaired) electrons. The zero-order chi connectivity index (χ0) is 25.9. The van der Waals surface area contributed by atoms with Crippen LogP contribution in [0.1, 0.15) is 25.0 Å². The van der Waals surface area contributed by atoms with Gasteiger partial charge in [0.2, 0.25) is 0 Å². The highest BCUT2D eigenvalue weighted by atomic mass is 16.3. The van der Waals surface area contributed by atoms with E-state index in [0.717, 1.165) is 33.1 Å². The van der Waals surface area contributed by atoms with E-state index in [9.17, 15) is 0 Å². The number of nitrogens with zero attached hydrogens (tertiary/aromatic N) is 1. The number of benzene rings is 6. The van der Waals surface area contributed by atoms with Crippen molar-refractivity contribution in [1.29, 1.82) is 0 Å². The summed E-state index contributed by atoms with van der Waals surface area (Å²) in [6.07, 6.45) is 0. The Morgan fingerprint density at radius 2 is 1.33 bits per heavy atom. The predicted molar refractivity (Wildman–Crippen MR) is 163 cm³/mol. The molecule has 0 saturated heterocycles. The molecular formula is C37H25NO. The number of fused-ring (bicyclic) bond motifs is 12. The average Bonchev–Trinajstić information content (AvgIpc) is 3.59. The van der Waals surface area contributed by atoms with Gasteiger partial charge in [-0.2, -0.15) is 0 Å². The summed E-state index contributed by atoms with van der Waals surface area (Å²) in [5.41, 5.74) is 10.7. The Hall–Kier alpha value is -4.82. The first-order chi connectivity index (χ1) is 19.1. The highest BCUT2D eigenvalue weighted by Gasteiger charge is 2.35. The van der Waals surface area contributed by atoms with E-state index in [-0.39, 0.29) is 5.41 Å². The lowest BCUT2D eigenvalue weighted by Gasteiger charge is -2.22. The van der Waals surface area contributed by atoms with Crippen LogP contribution in [0.5, 0.6) is 0 Å². The third-order valence-electron chi connectivity index (χ3n) is 8.99. The molecule has 2 heteroatoms. The van der Waals surface area contributed by atoms with Gasteiger partial charge in [0, 0.05) is 32.6 Å². The summed E-state index contributed by atoms with van der Waals surface area (Å²) < 4.78 is 9.06. The van der Waals surface area contributed by atoms with Crippen molar-refractivity contribution in [2.75, 3.05) is 0 Å². The van der Waals surface area contributed by atoms with Gasteiger partial charge < -0.3 is 8.98 Å². The minimum atomic E-state index is -0.0674. The van der Waals surface area contributed by atoms with Gasteiger partial charge in [0.1, 0.15) is 5.58 Å². The lowest BCUT2D eigenvalue weighted by molar-refractivity contribution is 0.660. The van der Waals surface area contributed by atoms with E-state index in [1.807, 2.05) is 6.07 Å². The molecule has 0 N–H and O–H groups in total. The Bertz CT molecular complexity index is 2310. The number of rotatable bonds is 1. The molecule has 184 valence electrons. The van der Waals surface area contributed by atoms with Crippen LogP contribution in [0.4, 0.5) is 0 Å². The van der Waals surface area contributed by atoms with Crippen LogP contribution in [0.3, 0.4) is 0 Å². The molecule has 0 bridgehead atoms. The van der Waals surface area contributed by atoms with Crippen molar-refractivity contribution in [3.8, 4) is 16.8 Å². The fourth-order valence-corrected chi connectivity index (χ4v) is 7.15. The Kier molecular flexibility index (Phi) is 3.89. The summed E-state index contributed by atoms with van der Waals surface area (Å²) in [6.45, 7) is 4.69. The molecule has 0 atom stereocenters. The molecule has 0 fully saturated rings. The van der Waals surface area contributed by atoms with Gasteiger partial charge in [0.25, 0.3) is 0 Å². The molecule has 0 saturated carbocycles. The predicted octanol–water partition coefficient (Wildman–Crippen LogP) is 10.1. The van der Waals surface area contributed by atoms with Crippen molar-refractivity contribution in [2.45, 2.75) is 19.3 Å². The molecule has 9 rings (SSSR count). The smallest absolute Gasteiger partial charge is 0.160 e. The maximum atomic E-state index is 6.63. The van der Waals surface area contributed by atoms with Gasteiger partial charge in [0.05, 0.1) is 11.0 Å². The number of para-hydroxylation sites is 1. The zero-order valence-electron chi connectivity index (χ0n) is 21.8. The van der Waals surface area contributed by atoms with E-state index in [0.29, 0.717) is 0 Å². The lowest BCUT2D eigenvalue weighted by Crippen LogP contribution is -2.15. The first kappa shape index (κ1) is 21.2. The van der Waals surface area contributed by atoms with Crippen molar-refractivity contribution in [3.05, 3.63) is 126 Å². The van der Waals surface area contributed by atoms with Gasteiger partial charge in [-0.15, -0.1) is 0 Å². The second-order valence-electron chi connectivity index (χ2n) is 11.4. The Balaban J connectivity index is 1.46. The summed E-state index contributed by atoms with van der Waals surface area (Å²) in [7, 11) is 0. The minimum Gasteiger partial charge on any atom is -0.454 e. The second kappa shape index (κ2) is 7.18. The molecular weight excluding hydrogens is 474 g/mol. The highest BCUT2D eigenvalue weighted by molar-refractivity contribution is 6.27. The summed E-state index contributed by atoms with van der Waals surface area (Å²) in [5, 5.41) is 7.31. The first-order valence-corrected chi connectivity index (χ1v) is 13.6. The summed E-state index contributed by atoms with van der Waals surface area (Å²) in [5.74, 6) is 0. The third-order valence-corrected chi connectivity index (χ3v) is 8.99. The molecule has 0 aliphatic heterocycles. The molecule has 0 spiro atoms. The maximum Gasteiger partial charge on any atom is 0.160 e. The summed E-state index contributed by atoms with van der Waals surface area (Å²) in [6, 6.07) is 42.0. The van der Waals surface area contributed by atoms with Crippen LogP contribution in [-0.4, -0.2) is 4.57 Å². The van der Waals surface area contributed by atoms with E-state index in [4.69, 9.17) is 4.42 Å². The Labute approximate surface area is 225 Å². The van der Waals surface area contributed by atoms with Gasteiger partial charge in [-0.1, -0.05) is 98.8 Å². The normalized spacial score (nSPS) is 14.1. The number of hydrogen-bond donors (Lipinski definition) is 0. The summed E-state index contributed by atoms with van der Waals surface area (Å²) >= 11 is 0. The van der Waals surface area contributed by atoms with Crippen LogP contribution in [0.15, 0.2) is 120 Å². The molecule has 2 aromatic heterocycles.